The number of rotatable bonds is 12. The highest BCUT2D eigenvalue weighted by Gasteiger charge is 2.41. The second kappa shape index (κ2) is 12.1. The van der Waals surface area contributed by atoms with Crippen LogP contribution in [0.2, 0.25) is 0 Å². The molecule has 1 rings (SSSR count). The molecule has 160 valence electrons. The van der Waals surface area contributed by atoms with Crippen LogP contribution in [0.5, 0.6) is 0 Å². The summed E-state index contributed by atoms with van der Waals surface area (Å²) in [5, 5.41) is 0. The summed E-state index contributed by atoms with van der Waals surface area (Å²) in [5.74, 6) is -0.450. The first kappa shape index (κ1) is 24.5. The fourth-order valence-electron chi connectivity index (χ4n) is 3.81. The average molecular weight is 393 g/mol. The van der Waals surface area contributed by atoms with E-state index in [1.165, 1.54) is 19.3 Å². The smallest absolute Gasteiger partial charge is 0.338 e. The molecule has 28 heavy (non-hydrogen) atoms. The second-order valence-corrected chi connectivity index (χ2v) is 8.88. The lowest BCUT2D eigenvalue weighted by molar-refractivity contribution is -0.155. The number of ether oxygens (including phenoxy) is 2. The summed E-state index contributed by atoms with van der Waals surface area (Å²) in [6, 6.07) is 0. The van der Waals surface area contributed by atoms with Gasteiger partial charge in [-0.05, 0) is 53.4 Å². The van der Waals surface area contributed by atoms with Crippen molar-refractivity contribution in [1.82, 2.24) is 0 Å². The van der Waals surface area contributed by atoms with Gasteiger partial charge in [-0.2, -0.15) is 0 Å². The minimum atomic E-state index is -0.567. The third-order valence-corrected chi connectivity index (χ3v) is 5.20. The molecule has 1 aliphatic heterocycles. The third kappa shape index (κ3) is 8.20. The minimum absolute atomic E-state index is 0.100. The normalized spacial score (nSPS) is 20.1. The van der Waals surface area contributed by atoms with E-state index in [9.17, 15) is 9.59 Å². The highest BCUT2D eigenvalue weighted by Crippen LogP contribution is 2.38. The first-order valence-corrected chi connectivity index (χ1v) is 11.0. The van der Waals surface area contributed by atoms with E-state index in [1.807, 2.05) is 26.8 Å². The van der Waals surface area contributed by atoms with Crippen molar-refractivity contribution in [3.05, 3.63) is 24.0 Å². The van der Waals surface area contributed by atoms with Crippen LogP contribution in [-0.2, 0) is 19.1 Å². The van der Waals surface area contributed by atoms with E-state index in [0.29, 0.717) is 11.3 Å². The standard InChI is InChI=1S/C24H40O4/c1-7-9-11-12-13-14-15-17-20-19(16-10-8-2)21(18(3)27-22(20)25)23(26)28-24(4,5)6/h7,19-20H,1,8-17H2,2-6H3/t19-,20-/m1/s1. The molecule has 4 nitrogen and oxygen atoms in total. The number of hydrogen-bond donors (Lipinski definition) is 0. The highest BCUT2D eigenvalue weighted by atomic mass is 16.6. The van der Waals surface area contributed by atoms with E-state index < -0.39 is 5.60 Å². The molecule has 0 saturated heterocycles. The number of cyclic esters (lactones) is 1. The molecule has 0 aromatic carbocycles. The summed E-state index contributed by atoms with van der Waals surface area (Å²) in [7, 11) is 0. The zero-order valence-electron chi connectivity index (χ0n) is 18.6. The summed E-state index contributed by atoms with van der Waals surface area (Å²) in [6.07, 6.45) is 12.3. The van der Waals surface area contributed by atoms with Gasteiger partial charge >= 0.3 is 11.9 Å². The van der Waals surface area contributed by atoms with Crippen molar-refractivity contribution in [2.75, 3.05) is 0 Å². The van der Waals surface area contributed by atoms with Crippen LogP contribution in [0.1, 0.15) is 98.8 Å². The van der Waals surface area contributed by atoms with Crippen molar-refractivity contribution in [3.63, 3.8) is 0 Å². The molecule has 0 fully saturated rings. The Morgan fingerprint density at radius 1 is 1.07 bits per heavy atom. The lowest BCUT2D eigenvalue weighted by Crippen LogP contribution is -2.37. The third-order valence-electron chi connectivity index (χ3n) is 5.20. The minimum Gasteiger partial charge on any atom is -0.457 e. The van der Waals surface area contributed by atoms with Crippen LogP contribution in [0.4, 0.5) is 0 Å². The topological polar surface area (TPSA) is 52.6 Å². The van der Waals surface area contributed by atoms with Crippen molar-refractivity contribution in [2.24, 2.45) is 11.8 Å². The number of allylic oxidation sites excluding steroid dienone is 2. The van der Waals surface area contributed by atoms with Gasteiger partial charge in [-0.3, -0.25) is 4.79 Å². The Balaban J connectivity index is 2.82. The van der Waals surface area contributed by atoms with E-state index in [4.69, 9.17) is 9.47 Å². The summed E-state index contributed by atoms with van der Waals surface area (Å²) in [4.78, 5) is 25.5. The number of unbranched alkanes of at least 4 members (excludes halogenated alkanes) is 6. The van der Waals surface area contributed by atoms with Crippen LogP contribution < -0.4 is 0 Å². The predicted octanol–water partition coefficient (Wildman–Crippen LogP) is 6.50. The molecule has 0 saturated carbocycles. The molecule has 0 amide bonds. The Hall–Kier alpha value is -1.58. The predicted molar refractivity (Wildman–Crippen MR) is 114 cm³/mol. The van der Waals surface area contributed by atoms with Gasteiger partial charge in [0.1, 0.15) is 11.4 Å². The van der Waals surface area contributed by atoms with E-state index in [-0.39, 0.29) is 23.8 Å². The van der Waals surface area contributed by atoms with Crippen molar-refractivity contribution in [1.29, 1.82) is 0 Å². The molecule has 4 heteroatoms. The molecular weight excluding hydrogens is 352 g/mol. The number of carbonyl (C=O) groups excluding carboxylic acids is 2. The maximum absolute atomic E-state index is 12.8. The van der Waals surface area contributed by atoms with Crippen LogP contribution in [0.3, 0.4) is 0 Å². The number of carbonyl (C=O) groups is 2. The molecule has 1 aliphatic rings. The fourth-order valence-corrected chi connectivity index (χ4v) is 3.81. The Morgan fingerprint density at radius 3 is 2.29 bits per heavy atom. The lowest BCUT2D eigenvalue weighted by atomic mass is 9.77. The van der Waals surface area contributed by atoms with Crippen LogP contribution >= 0.6 is 0 Å². The van der Waals surface area contributed by atoms with Crippen molar-refractivity contribution >= 4 is 11.9 Å². The van der Waals surface area contributed by atoms with Gasteiger partial charge < -0.3 is 9.47 Å². The maximum atomic E-state index is 12.8. The molecule has 1 heterocycles. The molecule has 0 aliphatic carbocycles. The van der Waals surface area contributed by atoms with E-state index in [1.54, 1.807) is 6.92 Å². The Morgan fingerprint density at radius 2 is 1.68 bits per heavy atom. The Kier molecular flexibility index (Phi) is 10.6. The largest absolute Gasteiger partial charge is 0.457 e. The van der Waals surface area contributed by atoms with Gasteiger partial charge in [0, 0.05) is 5.92 Å². The zero-order valence-corrected chi connectivity index (χ0v) is 18.6. The number of esters is 2. The van der Waals surface area contributed by atoms with Gasteiger partial charge in [-0.25, -0.2) is 4.79 Å². The van der Waals surface area contributed by atoms with Gasteiger partial charge in [0.05, 0.1) is 11.5 Å². The zero-order chi connectivity index (χ0) is 21.2. The number of hydrogen-bond acceptors (Lipinski definition) is 4. The van der Waals surface area contributed by atoms with Gasteiger partial charge in [0.15, 0.2) is 0 Å². The van der Waals surface area contributed by atoms with Gasteiger partial charge in [-0.15, -0.1) is 6.58 Å². The Labute approximate surface area is 171 Å². The second-order valence-electron chi connectivity index (χ2n) is 8.88. The van der Waals surface area contributed by atoms with E-state index in [2.05, 4.69) is 13.5 Å². The molecule has 0 aromatic rings. The van der Waals surface area contributed by atoms with Crippen molar-refractivity contribution < 1.29 is 19.1 Å². The first-order chi connectivity index (χ1) is 13.2. The van der Waals surface area contributed by atoms with Gasteiger partial charge in [-0.1, -0.05) is 51.5 Å². The van der Waals surface area contributed by atoms with E-state index in [0.717, 1.165) is 44.9 Å². The van der Waals surface area contributed by atoms with Crippen molar-refractivity contribution in [3.8, 4) is 0 Å². The molecule has 0 spiro atoms. The quantitative estimate of drug-likeness (QED) is 0.216. The molecule has 0 aromatic heterocycles. The summed E-state index contributed by atoms with van der Waals surface area (Å²) in [5.41, 5.74) is 0.00108. The highest BCUT2D eigenvalue weighted by molar-refractivity contribution is 5.93. The van der Waals surface area contributed by atoms with Gasteiger partial charge in [0.25, 0.3) is 0 Å². The monoisotopic (exact) mass is 392 g/mol. The molecule has 0 bridgehead atoms. The SMILES string of the molecule is C=CCCCCCCC[C@H]1C(=O)OC(C)=C(C(=O)OC(C)(C)C)[C@@H]1CCCC. The summed E-state index contributed by atoms with van der Waals surface area (Å²) < 4.78 is 11.1. The van der Waals surface area contributed by atoms with Crippen LogP contribution in [-0.4, -0.2) is 17.5 Å². The molecule has 2 atom stereocenters. The molecule has 0 N–H and O–H groups in total. The van der Waals surface area contributed by atoms with Crippen LogP contribution in [0, 0.1) is 11.8 Å². The first-order valence-electron chi connectivity index (χ1n) is 11.0. The molecule has 0 unspecified atom stereocenters. The summed E-state index contributed by atoms with van der Waals surface area (Å²) >= 11 is 0. The van der Waals surface area contributed by atoms with Crippen LogP contribution in [0.25, 0.3) is 0 Å². The van der Waals surface area contributed by atoms with E-state index >= 15 is 0 Å². The maximum Gasteiger partial charge on any atom is 0.338 e. The molecular formula is C24H40O4. The average Bonchev–Trinajstić information content (AvgIpc) is 2.58. The molecule has 0 radical (unpaired) electrons. The van der Waals surface area contributed by atoms with Crippen LogP contribution in [0.15, 0.2) is 24.0 Å². The summed E-state index contributed by atoms with van der Waals surface area (Å²) in [6.45, 7) is 13.2. The van der Waals surface area contributed by atoms with Crippen molar-refractivity contribution in [2.45, 2.75) is 104 Å². The Bertz CT molecular complexity index is 553. The lowest BCUT2D eigenvalue weighted by Gasteiger charge is -2.33. The van der Waals surface area contributed by atoms with Gasteiger partial charge in [0.2, 0.25) is 0 Å². The fraction of sp³-hybridized carbons (Fsp3) is 0.750.